The van der Waals surface area contributed by atoms with Gasteiger partial charge in [0.25, 0.3) is 0 Å². The second-order valence-corrected chi connectivity index (χ2v) is 4.53. The van der Waals surface area contributed by atoms with E-state index in [4.69, 9.17) is 9.47 Å². The molecule has 0 aliphatic heterocycles. The van der Waals surface area contributed by atoms with Gasteiger partial charge in [-0.3, -0.25) is 0 Å². The van der Waals surface area contributed by atoms with E-state index >= 15 is 0 Å². The van der Waals surface area contributed by atoms with E-state index in [0.717, 1.165) is 12.3 Å². The van der Waals surface area contributed by atoms with Crippen molar-refractivity contribution in [3.63, 3.8) is 0 Å². The summed E-state index contributed by atoms with van der Waals surface area (Å²) in [4.78, 5) is 2.03. The fraction of sp³-hybridized carbons (Fsp3) is 0.571. The molecule has 0 bridgehead atoms. The monoisotopic (exact) mass is 253 g/mol. The van der Waals surface area contributed by atoms with Gasteiger partial charge in [-0.1, -0.05) is 17.7 Å². The van der Waals surface area contributed by atoms with Gasteiger partial charge in [0.05, 0.1) is 12.7 Å². The minimum atomic E-state index is -0.445. The van der Waals surface area contributed by atoms with Crippen molar-refractivity contribution in [2.45, 2.75) is 13.0 Å². The van der Waals surface area contributed by atoms with Crippen LogP contribution in [0.3, 0.4) is 0 Å². The molecule has 1 aromatic rings. The van der Waals surface area contributed by atoms with E-state index in [0.29, 0.717) is 19.8 Å². The smallest absolute Gasteiger partial charge is 0.119 e. The molecule has 0 amide bonds. The highest BCUT2D eigenvalue weighted by molar-refractivity contribution is 5.26. The molecule has 0 spiro atoms. The fourth-order valence-corrected chi connectivity index (χ4v) is 1.65. The molecule has 0 aliphatic rings. The summed E-state index contributed by atoms with van der Waals surface area (Å²) in [6.07, 6.45) is -0.445. The molecule has 102 valence electrons. The minimum absolute atomic E-state index is 0.364. The Morgan fingerprint density at radius 3 is 2.56 bits per heavy atom. The Kier molecular flexibility index (Phi) is 6.72. The first-order valence-electron chi connectivity index (χ1n) is 6.17. The Hall–Kier alpha value is -1.10. The maximum atomic E-state index is 9.56. The first kappa shape index (κ1) is 15.0. The molecule has 0 radical (unpaired) electrons. The van der Waals surface area contributed by atoms with Crippen molar-refractivity contribution >= 4 is 0 Å². The zero-order valence-electron chi connectivity index (χ0n) is 11.4. The molecule has 0 heterocycles. The van der Waals surface area contributed by atoms with Crippen LogP contribution in [0, 0.1) is 6.92 Å². The predicted octanol–water partition coefficient (Wildman–Crippen LogP) is 1.31. The van der Waals surface area contributed by atoms with Crippen LogP contribution in [0.1, 0.15) is 5.56 Å². The quantitative estimate of drug-likeness (QED) is 0.758. The molecule has 0 fully saturated rings. The molecular weight excluding hydrogens is 230 g/mol. The fourth-order valence-electron chi connectivity index (χ4n) is 1.65. The number of ether oxygens (including phenoxy) is 2. The molecule has 1 unspecified atom stereocenters. The molecule has 0 saturated heterocycles. The molecule has 0 aliphatic carbocycles. The molecule has 1 N–H and O–H groups in total. The number of aliphatic hydroxyl groups excluding tert-OH is 1. The van der Waals surface area contributed by atoms with Crippen LogP contribution < -0.4 is 4.74 Å². The van der Waals surface area contributed by atoms with E-state index in [1.54, 1.807) is 7.11 Å². The summed E-state index contributed by atoms with van der Waals surface area (Å²) in [5.74, 6) is 0.881. The standard InChI is InChI=1S/C14H23NO3/c1-12-4-6-14(7-5-12)18-9-8-15(2)10-13(16)11-17-3/h4-7,13,16H,8-11H2,1-3H3. The highest BCUT2D eigenvalue weighted by atomic mass is 16.5. The van der Waals surface area contributed by atoms with Crippen molar-refractivity contribution in [2.75, 3.05) is 40.5 Å². The molecule has 4 nitrogen and oxygen atoms in total. The third-order valence-electron chi connectivity index (χ3n) is 2.64. The number of likely N-dealkylation sites (N-methyl/N-ethyl adjacent to an activating group) is 1. The first-order valence-corrected chi connectivity index (χ1v) is 6.17. The van der Waals surface area contributed by atoms with Crippen molar-refractivity contribution < 1.29 is 14.6 Å². The highest BCUT2D eigenvalue weighted by Crippen LogP contribution is 2.11. The van der Waals surface area contributed by atoms with Crippen LogP contribution in [0.5, 0.6) is 5.75 Å². The third kappa shape index (κ3) is 6.00. The molecule has 18 heavy (non-hydrogen) atoms. The van der Waals surface area contributed by atoms with Crippen molar-refractivity contribution in [3.05, 3.63) is 29.8 Å². The summed E-state index contributed by atoms with van der Waals surface area (Å²) in [6.45, 7) is 4.39. The Labute approximate surface area is 109 Å². The van der Waals surface area contributed by atoms with Gasteiger partial charge >= 0.3 is 0 Å². The Morgan fingerprint density at radius 1 is 1.28 bits per heavy atom. The van der Waals surface area contributed by atoms with E-state index in [2.05, 4.69) is 6.92 Å². The molecule has 1 rings (SSSR count). The lowest BCUT2D eigenvalue weighted by atomic mass is 10.2. The average Bonchev–Trinajstić information content (AvgIpc) is 2.32. The van der Waals surface area contributed by atoms with Crippen LogP contribution in [0.2, 0.25) is 0 Å². The lowest BCUT2D eigenvalue weighted by molar-refractivity contribution is 0.0410. The summed E-state index contributed by atoms with van der Waals surface area (Å²) in [7, 11) is 3.54. The lowest BCUT2D eigenvalue weighted by Gasteiger charge is -2.20. The SMILES string of the molecule is COCC(O)CN(C)CCOc1ccc(C)cc1. The second-order valence-electron chi connectivity index (χ2n) is 4.53. The maximum Gasteiger partial charge on any atom is 0.119 e. The molecule has 1 atom stereocenters. The zero-order valence-corrected chi connectivity index (χ0v) is 11.4. The van der Waals surface area contributed by atoms with E-state index in [-0.39, 0.29) is 0 Å². The number of aryl methyl sites for hydroxylation is 1. The van der Waals surface area contributed by atoms with E-state index in [9.17, 15) is 5.11 Å². The number of benzene rings is 1. The topological polar surface area (TPSA) is 41.9 Å². The summed E-state index contributed by atoms with van der Waals surface area (Å²) in [6, 6.07) is 7.99. The Morgan fingerprint density at radius 2 is 1.94 bits per heavy atom. The van der Waals surface area contributed by atoms with Crippen molar-refractivity contribution in [3.8, 4) is 5.75 Å². The summed E-state index contributed by atoms with van der Waals surface area (Å²) < 4.78 is 10.5. The summed E-state index contributed by atoms with van der Waals surface area (Å²) >= 11 is 0. The molecule has 4 heteroatoms. The van der Waals surface area contributed by atoms with E-state index in [1.807, 2.05) is 36.2 Å². The van der Waals surface area contributed by atoms with Gasteiger partial charge in [-0.05, 0) is 26.1 Å². The molecule has 0 saturated carbocycles. The van der Waals surface area contributed by atoms with Crippen molar-refractivity contribution in [1.29, 1.82) is 0 Å². The minimum Gasteiger partial charge on any atom is -0.492 e. The number of methoxy groups -OCH3 is 1. The highest BCUT2D eigenvalue weighted by Gasteiger charge is 2.07. The predicted molar refractivity (Wildman–Crippen MR) is 72.1 cm³/mol. The summed E-state index contributed by atoms with van der Waals surface area (Å²) in [5, 5.41) is 9.56. The van der Waals surface area contributed by atoms with Gasteiger partial charge < -0.3 is 19.5 Å². The number of hydrogen-bond acceptors (Lipinski definition) is 4. The van der Waals surface area contributed by atoms with Gasteiger partial charge in [0.15, 0.2) is 0 Å². The maximum absolute atomic E-state index is 9.56. The van der Waals surface area contributed by atoms with Crippen LogP contribution in [0.25, 0.3) is 0 Å². The summed E-state index contributed by atoms with van der Waals surface area (Å²) in [5.41, 5.74) is 1.22. The first-order chi connectivity index (χ1) is 8.61. The van der Waals surface area contributed by atoms with Crippen LogP contribution in [0.4, 0.5) is 0 Å². The van der Waals surface area contributed by atoms with Crippen molar-refractivity contribution in [1.82, 2.24) is 4.90 Å². The van der Waals surface area contributed by atoms with Gasteiger partial charge in [-0.15, -0.1) is 0 Å². The van der Waals surface area contributed by atoms with Crippen LogP contribution in [0.15, 0.2) is 24.3 Å². The normalized spacial score (nSPS) is 12.7. The third-order valence-corrected chi connectivity index (χ3v) is 2.64. The van der Waals surface area contributed by atoms with Gasteiger partial charge in [0, 0.05) is 20.2 Å². The largest absolute Gasteiger partial charge is 0.492 e. The van der Waals surface area contributed by atoms with Gasteiger partial charge in [0.1, 0.15) is 12.4 Å². The number of hydrogen-bond donors (Lipinski definition) is 1. The van der Waals surface area contributed by atoms with E-state index < -0.39 is 6.10 Å². The lowest BCUT2D eigenvalue weighted by Crippen LogP contribution is -2.34. The molecule has 1 aromatic carbocycles. The molecular formula is C14H23NO3. The molecule has 0 aromatic heterocycles. The zero-order chi connectivity index (χ0) is 13.4. The Bertz CT molecular complexity index is 326. The average molecular weight is 253 g/mol. The van der Waals surface area contributed by atoms with Crippen molar-refractivity contribution in [2.24, 2.45) is 0 Å². The van der Waals surface area contributed by atoms with Gasteiger partial charge in [-0.25, -0.2) is 0 Å². The van der Waals surface area contributed by atoms with Gasteiger partial charge in [0.2, 0.25) is 0 Å². The number of rotatable bonds is 8. The van der Waals surface area contributed by atoms with Crippen LogP contribution in [-0.4, -0.2) is 56.6 Å². The number of aliphatic hydroxyl groups is 1. The second kappa shape index (κ2) is 8.08. The van der Waals surface area contributed by atoms with E-state index in [1.165, 1.54) is 5.56 Å². The Balaban J connectivity index is 2.18. The van der Waals surface area contributed by atoms with Crippen LogP contribution >= 0.6 is 0 Å². The van der Waals surface area contributed by atoms with Crippen LogP contribution in [-0.2, 0) is 4.74 Å². The van der Waals surface area contributed by atoms with Gasteiger partial charge in [-0.2, -0.15) is 0 Å². The number of nitrogens with zero attached hydrogens (tertiary/aromatic N) is 1.